The van der Waals surface area contributed by atoms with Crippen molar-refractivity contribution in [1.29, 1.82) is 0 Å². The normalized spacial score (nSPS) is 12.5. The maximum Gasteiger partial charge on any atom is 0.300 e. The second kappa shape index (κ2) is 8.09. The topological polar surface area (TPSA) is 88.1 Å². The molecule has 0 heterocycles. The van der Waals surface area contributed by atoms with Crippen LogP contribution in [-0.4, -0.2) is 10.0 Å². The number of nitro groups is 1. The molecule has 28 heavy (non-hydrogen) atoms. The SMILES string of the molecule is CCC(C)(C)c1ccc(O)c(/N=N/c2cccc(C(C)(C)CC)c2[N+](=O)[O-])c1. The molecule has 0 radical (unpaired) electrons. The third kappa shape index (κ3) is 4.38. The summed E-state index contributed by atoms with van der Waals surface area (Å²) in [4.78, 5) is 11.4. The number of hydrogen-bond acceptors (Lipinski definition) is 5. The zero-order valence-electron chi connectivity index (χ0n) is 17.5. The van der Waals surface area contributed by atoms with Crippen molar-refractivity contribution in [3.63, 3.8) is 0 Å². The van der Waals surface area contributed by atoms with Crippen molar-refractivity contribution in [3.8, 4) is 5.75 Å². The Bertz CT molecular complexity index is 902. The summed E-state index contributed by atoms with van der Waals surface area (Å²) in [5.41, 5.74) is 1.66. The number of phenols is 1. The molecule has 2 aromatic carbocycles. The second-order valence-electron chi connectivity index (χ2n) is 8.31. The van der Waals surface area contributed by atoms with Gasteiger partial charge in [0.1, 0.15) is 11.4 Å². The Kier molecular flexibility index (Phi) is 6.22. The molecule has 0 fully saturated rings. The Morgan fingerprint density at radius 1 is 0.964 bits per heavy atom. The molecule has 150 valence electrons. The Morgan fingerprint density at radius 2 is 1.57 bits per heavy atom. The van der Waals surface area contributed by atoms with Crippen molar-refractivity contribution < 1.29 is 10.0 Å². The van der Waals surface area contributed by atoms with Gasteiger partial charge in [-0.3, -0.25) is 10.1 Å². The van der Waals surface area contributed by atoms with E-state index < -0.39 is 4.92 Å². The molecule has 0 aliphatic carbocycles. The van der Waals surface area contributed by atoms with Crippen molar-refractivity contribution in [3.05, 3.63) is 57.6 Å². The molecule has 0 spiro atoms. The summed E-state index contributed by atoms with van der Waals surface area (Å²) in [6.07, 6.45) is 1.68. The summed E-state index contributed by atoms with van der Waals surface area (Å²) in [5, 5.41) is 30.2. The van der Waals surface area contributed by atoms with Crippen LogP contribution in [0.3, 0.4) is 0 Å². The molecule has 0 bridgehead atoms. The predicted octanol–water partition coefficient (Wildman–Crippen LogP) is 7.09. The first-order valence-corrected chi connectivity index (χ1v) is 9.56. The van der Waals surface area contributed by atoms with Gasteiger partial charge >= 0.3 is 0 Å². The molecule has 0 aliphatic rings. The minimum absolute atomic E-state index is 0.00732. The lowest BCUT2D eigenvalue weighted by atomic mass is 9.81. The van der Waals surface area contributed by atoms with Crippen LogP contribution in [0.15, 0.2) is 46.6 Å². The number of nitrogens with zero attached hydrogens (tertiary/aromatic N) is 3. The zero-order chi connectivity index (χ0) is 21.1. The van der Waals surface area contributed by atoms with Crippen molar-refractivity contribution in [2.45, 2.75) is 65.2 Å². The smallest absolute Gasteiger partial charge is 0.300 e. The number of phenolic OH excluding ortho intramolecular Hbond substituents is 1. The van der Waals surface area contributed by atoms with Crippen molar-refractivity contribution in [2.75, 3.05) is 0 Å². The van der Waals surface area contributed by atoms with Crippen molar-refractivity contribution in [2.24, 2.45) is 10.2 Å². The standard InChI is InChI=1S/C22H29N3O3/c1-7-21(3,4)15-12-13-19(26)18(14-15)24-23-17-11-9-10-16(20(17)25(27)28)22(5,6)8-2/h9-14,26H,7-8H2,1-6H3/b24-23+. The third-order valence-corrected chi connectivity index (χ3v) is 5.72. The number of hydrogen-bond donors (Lipinski definition) is 1. The van der Waals surface area contributed by atoms with Gasteiger partial charge in [0.05, 0.1) is 4.92 Å². The minimum Gasteiger partial charge on any atom is -0.506 e. The molecule has 6 heteroatoms. The van der Waals surface area contributed by atoms with Crippen LogP contribution >= 0.6 is 0 Å². The first-order valence-electron chi connectivity index (χ1n) is 9.56. The quantitative estimate of drug-likeness (QED) is 0.314. The van der Waals surface area contributed by atoms with E-state index in [0.717, 1.165) is 18.4 Å². The van der Waals surface area contributed by atoms with Crippen LogP contribution in [0.2, 0.25) is 0 Å². The van der Waals surface area contributed by atoms with Gasteiger partial charge < -0.3 is 5.11 Å². The molecule has 2 rings (SSSR count). The molecule has 1 N–H and O–H groups in total. The average molecular weight is 383 g/mol. The molecule has 0 saturated heterocycles. The van der Waals surface area contributed by atoms with Crippen LogP contribution in [0.1, 0.15) is 65.5 Å². The largest absolute Gasteiger partial charge is 0.506 e. The fraction of sp³-hybridized carbons (Fsp3) is 0.455. The Labute approximate surface area is 166 Å². The summed E-state index contributed by atoms with van der Waals surface area (Å²) in [5.74, 6) is -0.00732. The summed E-state index contributed by atoms with van der Waals surface area (Å²) in [7, 11) is 0. The fourth-order valence-corrected chi connectivity index (χ4v) is 2.88. The number of para-hydroxylation sites is 1. The maximum atomic E-state index is 11.8. The van der Waals surface area contributed by atoms with E-state index in [0.29, 0.717) is 11.3 Å². The molecule has 6 nitrogen and oxygen atoms in total. The van der Waals surface area contributed by atoms with Gasteiger partial charge in [-0.25, -0.2) is 0 Å². The van der Waals surface area contributed by atoms with Gasteiger partial charge in [0.25, 0.3) is 5.69 Å². The average Bonchev–Trinajstić information content (AvgIpc) is 2.66. The Balaban J connectivity index is 2.55. The van der Waals surface area contributed by atoms with E-state index in [1.165, 1.54) is 0 Å². The number of aromatic hydroxyl groups is 1. The number of azo groups is 1. The van der Waals surface area contributed by atoms with Gasteiger partial charge in [-0.2, -0.15) is 0 Å². The summed E-state index contributed by atoms with van der Waals surface area (Å²) < 4.78 is 0. The van der Waals surface area contributed by atoms with E-state index in [2.05, 4.69) is 31.0 Å². The molecular formula is C22H29N3O3. The Morgan fingerprint density at radius 3 is 2.14 bits per heavy atom. The first kappa shape index (κ1) is 21.5. The monoisotopic (exact) mass is 383 g/mol. The molecule has 0 saturated carbocycles. The maximum absolute atomic E-state index is 11.8. The minimum atomic E-state index is -0.405. The van der Waals surface area contributed by atoms with Crippen LogP contribution in [0.4, 0.5) is 17.1 Å². The molecule has 0 amide bonds. The lowest BCUT2D eigenvalue weighted by molar-refractivity contribution is -0.385. The van der Waals surface area contributed by atoms with Crippen LogP contribution in [-0.2, 0) is 10.8 Å². The van der Waals surface area contributed by atoms with Gasteiger partial charge in [-0.15, -0.1) is 10.2 Å². The van der Waals surface area contributed by atoms with E-state index in [4.69, 9.17) is 0 Å². The van der Waals surface area contributed by atoms with Crippen LogP contribution in [0, 0.1) is 10.1 Å². The number of benzene rings is 2. The molecule has 0 atom stereocenters. The summed E-state index contributed by atoms with van der Waals surface area (Å²) in [6, 6.07) is 10.3. The van der Waals surface area contributed by atoms with Crippen LogP contribution in [0.25, 0.3) is 0 Å². The lowest BCUT2D eigenvalue weighted by Crippen LogP contribution is -2.17. The second-order valence-corrected chi connectivity index (χ2v) is 8.31. The van der Waals surface area contributed by atoms with E-state index in [1.807, 2.05) is 26.8 Å². The van der Waals surface area contributed by atoms with E-state index >= 15 is 0 Å². The molecule has 2 aromatic rings. The zero-order valence-corrected chi connectivity index (χ0v) is 17.5. The molecule has 0 aliphatic heterocycles. The van der Waals surface area contributed by atoms with Gasteiger partial charge in [0.15, 0.2) is 5.69 Å². The van der Waals surface area contributed by atoms with Crippen molar-refractivity contribution in [1.82, 2.24) is 0 Å². The highest BCUT2D eigenvalue weighted by Gasteiger charge is 2.30. The number of rotatable bonds is 7. The van der Waals surface area contributed by atoms with E-state index in [9.17, 15) is 15.2 Å². The van der Waals surface area contributed by atoms with Crippen LogP contribution < -0.4 is 0 Å². The highest BCUT2D eigenvalue weighted by atomic mass is 16.6. The molecule has 0 unspecified atom stereocenters. The van der Waals surface area contributed by atoms with E-state index in [-0.39, 0.29) is 28.0 Å². The van der Waals surface area contributed by atoms with Crippen molar-refractivity contribution >= 4 is 17.1 Å². The number of nitro benzene ring substituents is 1. The highest BCUT2D eigenvalue weighted by molar-refractivity contribution is 5.64. The molecule has 0 aromatic heterocycles. The first-order chi connectivity index (χ1) is 13.0. The van der Waals surface area contributed by atoms with E-state index in [1.54, 1.807) is 30.3 Å². The van der Waals surface area contributed by atoms with Gasteiger partial charge in [0, 0.05) is 5.56 Å². The van der Waals surface area contributed by atoms with Crippen LogP contribution in [0.5, 0.6) is 5.75 Å². The molecular weight excluding hydrogens is 354 g/mol. The fourth-order valence-electron chi connectivity index (χ4n) is 2.88. The third-order valence-electron chi connectivity index (χ3n) is 5.72. The van der Waals surface area contributed by atoms with Gasteiger partial charge in [-0.1, -0.05) is 59.7 Å². The summed E-state index contributed by atoms with van der Waals surface area (Å²) >= 11 is 0. The summed E-state index contributed by atoms with van der Waals surface area (Å²) in [6.45, 7) is 12.3. The predicted molar refractivity (Wildman–Crippen MR) is 112 cm³/mol. The Hall–Kier alpha value is -2.76. The van der Waals surface area contributed by atoms with Gasteiger partial charge in [0.2, 0.25) is 0 Å². The van der Waals surface area contributed by atoms with Gasteiger partial charge in [-0.05, 0) is 47.4 Å². The highest BCUT2D eigenvalue weighted by Crippen LogP contribution is 2.41. The lowest BCUT2D eigenvalue weighted by Gasteiger charge is -2.23.